The number of sulfone groups is 1. The Morgan fingerprint density at radius 3 is 2.52 bits per heavy atom. The fourth-order valence-corrected chi connectivity index (χ4v) is 6.07. The number of carbonyl (C=O) groups is 1. The minimum atomic E-state index is -3.49. The van der Waals surface area contributed by atoms with Crippen LogP contribution in [0.2, 0.25) is 0 Å². The smallest absolute Gasteiger partial charge is 0.280 e. The molecule has 12 nitrogen and oxygen atoms in total. The maximum absolute atomic E-state index is 13.3. The number of nitrogens with one attached hydrogen (secondary N) is 1. The fraction of sp³-hybridized carbons (Fsp3) is 0.423. The molecule has 1 aromatic carbocycles. The lowest BCUT2D eigenvalue weighted by Gasteiger charge is -2.31. The molecule has 4 rings (SSSR count). The van der Waals surface area contributed by atoms with Gasteiger partial charge in [-0.2, -0.15) is 0 Å². The maximum atomic E-state index is 13.3. The molecule has 0 radical (unpaired) electrons. The molecule has 0 bridgehead atoms. The zero-order chi connectivity index (χ0) is 28.4. The summed E-state index contributed by atoms with van der Waals surface area (Å²) in [6, 6.07) is 7.66. The molecule has 0 aliphatic carbocycles. The Bertz CT molecular complexity index is 1370. The molecule has 1 amide bonds. The highest BCUT2D eigenvalue weighted by atomic mass is 32.2. The standard InChI is InChI=1S/C26H33N7O5S2/c1-32-11-13-33(14-12-32)18-21-17-29-26(39-21)30-25(34)24(31-38-19-23-27-9-3-10-28-23)20-5-7-22(8-6-20)40(35,36)16-4-15-37-2/h3,5-10,17H,4,11-16,18-19H2,1-2H3,(H,29,30,34)/b31-24+. The molecule has 1 aliphatic rings. The Labute approximate surface area is 238 Å². The van der Waals surface area contributed by atoms with Crippen LogP contribution >= 0.6 is 11.3 Å². The third-order valence-electron chi connectivity index (χ3n) is 6.18. The van der Waals surface area contributed by atoms with Crippen molar-refractivity contribution < 1.29 is 22.8 Å². The number of hydrogen-bond donors (Lipinski definition) is 1. The number of benzene rings is 1. The highest BCUT2D eigenvalue weighted by Gasteiger charge is 2.21. The Hall–Kier alpha value is -3.30. The maximum Gasteiger partial charge on any atom is 0.280 e. The molecular formula is C26H33N7O5S2. The summed E-state index contributed by atoms with van der Waals surface area (Å²) in [6.45, 7) is 5.07. The van der Waals surface area contributed by atoms with Gasteiger partial charge in [0.2, 0.25) is 0 Å². The van der Waals surface area contributed by atoms with Gasteiger partial charge < -0.3 is 14.5 Å². The van der Waals surface area contributed by atoms with Crippen LogP contribution < -0.4 is 5.32 Å². The first-order valence-electron chi connectivity index (χ1n) is 12.8. The molecule has 40 heavy (non-hydrogen) atoms. The van der Waals surface area contributed by atoms with E-state index in [9.17, 15) is 13.2 Å². The van der Waals surface area contributed by atoms with E-state index in [2.05, 4.69) is 42.3 Å². The van der Waals surface area contributed by atoms with E-state index in [1.54, 1.807) is 24.7 Å². The Morgan fingerprint density at radius 2 is 1.82 bits per heavy atom. The SMILES string of the molecule is COCCCS(=O)(=O)c1ccc(/C(=N\OCc2ncccn2)C(=O)Nc2ncc(CN3CCN(C)CC3)s2)cc1. The van der Waals surface area contributed by atoms with Crippen molar-refractivity contribution in [3.63, 3.8) is 0 Å². The number of carbonyl (C=O) groups excluding carboxylic acids is 1. The minimum Gasteiger partial charge on any atom is -0.387 e. The Morgan fingerprint density at radius 1 is 1.10 bits per heavy atom. The second-order valence-corrected chi connectivity index (χ2v) is 12.5. The topological polar surface area (TPSA) is 139 Å². The monoisotopic (exact) mass is 587 g/mol. The van der Waals surface area contributed by atoms with E-state index >= 15 is 0 Å². The zero-order valence-electron chi connectivity index (χ0n) is 22.5. The number of rotatable bonds is 13. The third-order valence-corrected chi connectivity index (χ3v) is 8.90. The molecule has 214 valence electrons. The van der Waals surface area contributed by atoms with Crippen LogP contribution in [0.3, 0.4) is 0 Å². The molecule has 1 aliphatic heterocycles. The molecular weight excluding hydrogens is 554 g/mol. The average Bonchev–Trinajstić information content (AvgIpc) is 3.39. The van der Waals surface area contributed by atoms with Crippen LogP contribution in [-0.4, -0.2) is 97.5 Å². The molecule has 1 N–H and O–H groups in total. The molecule has 14 heteroatoms. The summed E-state index contributed by atoms with van der Waals surface area (Å²) in [6.07, 6.45) is 5.31. The number of thiazole rings is 1. The van der Waals surface area contributed by atoms with Gasteiger partial charge in [0.25, 0.3) is 5.91 Å². The zero-order valence-corrected chi connectivity index (χ0v) is 24.2. The third kappa shape index (κ3) is 8.60. The number of methoxy groups -OCH3 is 1. The van der Waals surface area contributed by atoms with Gasteiger partial charge >= 0.3 is 0 Å². The van der Waals surface area contributed by atoms with Gasteiger partial charge in [-0.05, 0) is 31.7 Å². The van der Waals surface area contributed by atoms with Crippen molar-refractivity contribution in [3.05, 3.63) is 65.2 Å². The van der Waals surface area contributed by atoms with Crippen LogP contribution in [-0.2, 0) is 37.4 Å². The van der Waals surface area contributed by atoms with Gasteiger partial charge in [-0.1, -0.05) is 17.3 Å². The average molecular weight is 588 g/mol. The van der Waals surface area contributed by atoms with Crippen molar-refractivity contribution >= 4 is 37.9 Å². The second-order valence-electron chi connectivity index (χ2n) is 9.23. The molecule has 0 saturated carbocycles. The minimum absolute atomic E-state index is 0.0323. The van der Waals surface area contributed by atoms with Crippen molar-refractivity contribution in [3.8, 4) is 0 Å². The van der Waals surface area contributed by atoms with E-state index in [1.165, 1.54) is 42.7 Å². The van der Waals surface area contributed by atoms with Crippen molar-refractivity contribution in [1.29, 1.82) is 0 Å². The highest BCUT2D eigenvalue weighted by molar-refractivity contribution is 7.91. The number of hydrogen-bond acceptors (Lipinski definition) is 12. The van der Waals surface area contributed by atoms with Crippen molar-refractivity contribution in [2.45, 2.75) is 24.5 Å². The molecule has 0 unspecified atom stereocenters. The number of oxime groups is 1. The largest absolute Gasteiger partial charge is 0.387 e. The second kappa shape index (κ2) is 14.4. The number of likely N-dealkylation sites (N-methyl/N-ethyl adjacent to an activating group) is 1. The first-order valence-corrected chi connectivity index (χ1v) is 15.3. The van der Waals surface area contributed by atoms with Crippen LogP contribution in [0.25, 0.3) is 0 Å². The van der Waals surface area contributed by atoms with E-state index in [0.717, 1.165) is 37.6 Å². The van der Waals surface area contributed by atoms with E-state index in [0.29, 0.717) is 29.5 Å². The van der Waals surface area contributed by atoms with Crippen LogP contribution in [0.1, 0.15) is 22.7 Å². The van der Waals surface area contributed by atoms with Gasteiger partial charge in [-0.15, -0.1) is 11.3 Å². The molecule has 3 heterocycles. The number of ether oxygens (including phenoxy) is 1. The summed E-state index contributed by atoms with van der Waals surface area (Å²) in [7, 11) is 0.149. The van der Waals surface area contributed by atoms with E-state index < -0.39 is 15.7 Å². The summed E-state index contributed by atoms with van der Waals surface area (Å²) in [5.74, 6) is -0.176. The van der Waals surface area contributed by atoms with Crippen molar-refractivity contribution in [2.24, 2.45) is 5.16 Å². The molecule has 0 atom stereocenters. The van der Waals surface area contributed by atoms with Crippen molar-refractivity contribution in [1.82, 2.24) is 24.8 Å². The number of amides is 1. The van der Waals surface area contributed by atoms with E-state index in [-0.39, 0.29) is 23.0 Å². The Kier molecular flexibility index (Phi) is 10.7. The number of anilines is 1. The lowest BCUT2D eigenvalue weighted by Crippen LogP contribution is -2.43. The molecule has 2 aromatic heterocycles. The summed E-state index contributed by atoms with van der Waals surface area (Å²) >= 11 is 1.40. The normalized spacial score (nSPS) is 15.2. The number of nitrogens with zero attached hydrogens (tertiary/aromatic N) is 6. The predicted molar refractivity (Wildman–Crippen MR) is 152 cm³/mol. The van der Waals surface area contributed by atoms with Crippen LogP contribution in [0, 0.1) is 0 Å². The van der Waals surface area contributed by atoms with Gasteiger partial charge in [0.05, 0.1) is 10.6 Å². The highest BCUT2D eigenvalue weighted by Crippen LogP contribution is 2.21. The molecule has 1 saturated heterocycles. The van der Waals surface area contributed by atoms with Gasteiger partial charge in [0, 0.05) is 75.5 Å². The van der Waals surface area contributed by atoms with E-state index in [1.807, 2.05) is 0 Å². The van der Waals surface area contributed by atoms with Gasteiger partial charge in [-0.3, -0.25) is 15.0 Å². The van der Waals surface area contributed by atoms with Crippen LogP contribution in [0.4, 0.5) is 5.13 Å². The lowest BCUT2D eigenvalue weighted by atomic mass is 10.1. The predicted octanol–water partition coefficient (Wildman–Crippen LogP) is 2.05. The summed E-state index contributed by atoms with van der Waals surface area (Å²) < 4.78 is 30.2. The first kappa shape index (κ1) is 29.7. The summed E-state index contributed by atoms with van der Waals surface area (Å²) in [5.41, 5.74) is 0.353. The molecule has 1 fully saturated rings. The van der Waals surface area contributed by atoms with Gasteiger partial charge in [-0.25, -0.2) is 23.4 Å². The molecule has 0 spiro atoms. The fourth-order valence-electron chi connectivity index (χ4n) is 3.94. The van der Waals surface area contributed by atoms with Crippen molar-refractivity contribution in [2.75, 3.05) is 58.0 Å². The van der Waals surface area contributed by atoms with Crippen LogP contribution in [0.15, 0.2) is 59.0 Å². The van der Waals surface area contributed by atoms with Crippen LogP contribution in [0.5, 0.6) is 0 Å². The summed E-state index contributed by atoms with van der Waals surface area (Å²) in [5, 5.41) is 7.30. The number of piperazine rings is 1. The van der Waals surface area contributed by atoms with Gasteiger partial charge in [0.15, 0.2) is 33.1 Å². The molecule has 3 aromatic rings. The lowest BCUT2D eigenvalue weighted by molar-refractivity contribution is -0.110. The summed E-state index contributed by atoms with van der Waals surface area (Å²) in [4.78, 5) is 37.1. The quantitative estimate of drug-likeness (QED) is 0.180. The first-order chi connectivity index (χ1) is 19.3. The Balaban J connectivity index is 1.48. The van der Waals surface area contributed by atoms with Gasteiger partial charge in [0.1, 0.15) is 0 Å². The van der Waals surface area contributed by atoms with E-state index in [4.69, 9.17) is 9.57 Å². The number of aromatic nitrogens is 3.